The molecular weight excluding hydrogens is 407 g/mol. The van der Waals surface area contributed by atoms with Crippen molar-refractivity contribution in [2.75, 3.05) is 40.8 Å². The molecule has 0 bridgehead atoms. The molecule has 9 heteroatoms. The van der Waals surface area contributed by atoms with Crippen LogP contribution in [0.3, 0.4) is 0 Å². The summed E-state index contributed by atoms with van der Waals surface area (Å²) in [6.45, 7) is 2.95. The highest BCUT2D eigenvalue weighted by Crippen LogP contribution is 2.29. The number of benzene rings is 1. The largest absolute Gasteiger partial charge is 0.468 e. The molecule has 0 amide bonds. The van der Waals surface area contributed by atoms with Gasteiger partial charge in [0, 0.05) is 39.3 Å². The molecule has 2 unspecified atom stereocenters. The van der Waals surface area contributed by atoms with Crippen LogP contribution in [0.15, 0.2) is 52.1 Å². The van der Waals surface area contributed by atoms with Crippen LogP contribution in [0.25, 0.3) is 0 Å². The van der Waals surface area contributed by atoms with Gasteiger partial charge in [0.1, 0.15) is 5.76 Å². The van der Waals surface area contributed by atoms with Gasteiger partial charge in [0.25, 0.3) is 0 Å². The maximum atomic E-state index is 12.7. The Balaban J connectivity index is 1.48. The van der Waals surface area contributed by atoms with Gasteiger partial charge >= 0.3 is 6.18 Å². The Bertz CT molecular complexity index is 834. The predicted molar refractivity (Wildman–Crippen MR) is 115 cm³/mol. The van der Waals surface area contributed by atoms with Crippen molar-refractivity contribution in [1.29, 1.82) is 0 Å². The number of guanidine groups is 1. The van der Waals surface area contributed by atoms with Gasteiger partial charge in [-0.2, -0.15) is 13.2 Å². The number of aliphatic imine (C=N–C) groups is 1. The standard InChI is InChI=1S/C22H30F3N5O/c1-26-21(27-13-19(29(2)3)20-5-4-12-31-20)28-18-10-11-30(15-18)14-16-6-8-17(9-7-16)22(23,24)25/h4-9,12,18-19H,10-11,13-15H2,1-3H3,(H2,26,27,28). The van der Waals surface area contributed by atoms with E-state index in [1.165, 1.54) is 0 Å². The first-order valence-corrected chi connectivity index (χ1v) is 10.3. The van der Waals surface area contributed by atoms with Gasteiger partial charge in [-0.15, -0.1) is 0 Å². The maximum absolute atomic E-state index is 12.7. The molecule has 2 aromatic rings. The molecule has 0 radical (unpaired) electrons. The van der Waals surface area contributed by atoms with E-state index in [-0.39, 0.29) is 12.1 Å². The van der Waals surface area contributed by atoms with Gasteiger partial charge in [0.15, 0.2) is 5.96 Å². The highest BCUT2D eigenvalue weighted by atomic mass is 19.4. The lowest BCUT2D eigenvalue weighted by Gasteiger charge is -2.25. The average Bonchev–Trinajstić information content (AvgIpc) is 3.39. The molecule has 1 fully saturated rings. The highest BCUT2D eigenvalue weighted by Gasteiger charge is 2.30. The van der Waals surface area contributed by atoms with E-state index in [9.17, 15) is 13.2 Å². The molecule has 0 aliphatic carbocycles. The zero-order chi connectivity index (χ0) is 22.4. The summed E-state index contributed by atoms with van der Waals surface area (Å²) in [5.74, 6) is 1.61. The van der Waals surface area contributed by atoms with Crippen LogP contribution < -0.4 is 10.6 Å². The number of rotatable bonds is 7. The number of nitrogens with one attached hydrogen (secondary N) is 2. The number of likely N-dealkylation sites (tertiary alicyclic amines) is 1. The van der Waals surface area contributed by atoms with E-state index >= 15 is 0 Å². The molecule has 1 aliphatic heterocycles. The third kappa shape index (κ3) is 6.48. The Morgan fingerprint density at radius 3 is 2.58 bits per heavy atom. The summed E-state index contributed by atoms with van der Waals surface area (Å²) in [7, 11) is 5.74. The minimum Gasteiger partial charge on any atom is -0.468 e. The number of alkyl halides is 3. The number of nitrogens with zero attached hydrogens (tertiary/aromatic N) is 3. The van der Waals surface area contributed by atoms with Gasteiger partial charge < -0.3 is 15.1 Å². The topological polar surface area (TPSA) is 56.0 Å². The first-order valence-electron chi connectivity index (χ1n) is 10.3. The number of likely N-dealkylation sites (N-methyl/N-ethyl adjacent to an activating group) is 1. The molecular formula is C22H30F3N5O. The van der Waals surface area contributed by atoms with E-state index in [1.54, 1.807) is 25.4 Å². The van der Waals surface area contributed by atoms with E-state index in [1.807, 2.05) is 26.2 Å². The van der Waals surface area contributed by atoms with Crippen molar-refractivity contribution in [3.63, 3.8) is 0 Å². The first kappa shape index (κ1) is 23.1. The summed E-state index contributed by atoms with van der Waals surface area (Å²) < 4.78 is 43.7. The molecule has 1 aromatic heterocycles. The Morgan fingerprint density at radius 1 is 1.26 bits per heavy atom. The zero-order valence-corrected chi connectivity index (χ0v) is 18.1. The van der Waals surface area contributed by atoms with Crippen LogP contribution in [0.2, 0.25) is 0 Å². The van der Waals surface area contributed by atoms with Crippen molar-refractivity contribution in [3.8, 4) is 0 Å². The molecule has 2 heterocycles. The minimum absolute atomic E-state index is 0.0771. The minimum atomic E-state index is -4.30. The quantitative estimate of drug-likeness (QED) is 0.514. The molecule has 170 valence electrons. The summed E-state index contributed by atoms with van der Waals surface area (Å²) in [4.78, 5) is 8.65. The van der Waals surface area contributed by atoms with Crippen molar-refractivity contribution in [3.05, 3.63) is 59.5 Å². The van der Waals surface area contributed by atoms with Gasteiger partial charge in [-0.05, 0) is 50.3 Å². The van der Waals surface area contributed by atoms with Crippen molar-refractivity contribution in [2.45, 2.75) is 31.2 Å². The van der Waals surface area contributed by atoms with Crippen LogP contribution in [-0.2, 0) is 12.7 Å². The summed E-state index contributed by atoms with van der Waals surface area (Å²) >= 11 is 0. The van der Waals surface area contributed by atoms with Crippen molar-refractivity contribution < 1.29 is 17.6 Å². The Hall–Kier alpha value is -2.52. The van der Waals surface area contributed by atoms with Gasteiger partial charge in [-0.25, -0.2) is 0 Å². The molecule has 6 nitrogen and oxygen atoms in total. The van der Waals surface area contributed by atoms with Crippen LogP contribution in [-0.4, -0.2) is 62.6 Å². The Morgan fingerprint density at radius 2 is 2.00 bits per heavy atom. The lowest BCUT2D eigenvalue weighted by Crippen LogP contribution is -2.46. The monoisotopic (exact) mass is 437 g/mol. The fourth-order valence-corrected chi connectivity index (χ4v) is 3.75. The summed E-state index contributed by atoms with van der Waals surface area (Å²) in [5.41, 5.74) is 0.265. The Kier molecular flexibility index (Phi) is 7.61. The number of hydrogen-bond donors (Lipinski definition) is 2. The first-order chi connectivity index (χ1) is 14.8. The molecule has 31 heavy (non-hydrogen) atoms. The third-order valence-electron chi connectivity index (χ3n) is 5.48. The number of hydrogen-bond acceptors (Lipinski definition) is 4. The highest BCUT2D eigenvalue weighted by molar-refractivity contribution is 5.80. The van der Waals surface area contributed by atoms with E-state index < -0.39 is 11.7 Å². The second-order valence-corrected chi connectivity index (χ2v) is 8.01. The lowest BCUT2D eigenvalue weighted by molar-refractivity contribution is -0.137. The van der Waals surface area contributed by atoms with Crippen LogP contribution in [0, 0.1) is 0 Å². The lowest BCUT2D eigenvalue weighted by atomic mass is 10.1. The normalized spacial score (nSPS) is 19.1. The van der Waals surface area contributed by atoms with E-state index in [0.29, 0.717) is 13.1 Å². The predicted octanol–water partition coefficient (Wildman–Crippen LogP) is 3.34. The van der Waals surface area contributed by atoms with E-state index in [2.05, 4.69) is 25.4 Å². The third-order valence-corrected chi connectivity index (χ3v) is 5.48. The molecule has 2 atom stereocenters. The molecule has 3 rings (SSSR count). The number of halogens is 3. The van der Waals surface area contributed by atoms with Crippen LogP contribution in [0.5, 0.6) is 0 Å². The number of furan rings is 1. The average molecular weight is 438 g/mol. The summed E-state index contributed by atoms with van der Waals surface area (Å²) in [5, 5.41) is 6.81. The molecule has 1 aliphatic rings. The molecule has 1 aromatic carbocycles. The van der Waals surface area contributed by atoms with Crippen LogP contribution in [0.4, 0.5) is 13.2 Å². The van der Waals surface area contributed by atoms with Gasteiger partial charge in [0.2, 0.25) is 0 Å². The maximum Gasteiger partial charge on any atom is 0.416 e. The second kappa shape index (κ2) is 10.2. The van der Waals surface area contributed by atoms with E-state index in [0.717, 1.165) is 48.9 Å². The Labute approximate surface area is 181 Å². The second-order valence-electron chi connectivity index (χ2n) is 8.01. The van der Waals surface area contributed by atoms with Crippen LogP contribution in [0.1, 0.15) is 29.3 Å². The van der Waals surface area contributed by atoms with E-state index in [4.69, 9.17) is 4.42 Å². The van der Waals surface area contributed by atoms with Gasteiger partial charge in [0.05, 0.1) is 17.9 Å². The van der Waals surface area contributed by atoms with Gasteiger partial charge in [-0.3, -0.25) is 14.8 Å². The summed E-state index contributed by atoms with van der Waals surface area (Å²) in [6.07, 6.45) is -1.69. The fraction of sp³-hybridized carbons (Fsp3) is 0.500. The SMILES string of the molecule is CN=C(NCC(c1ccco1)N(C)C)NC1CCN(Cc2ccc(C(F)(F)F)cc2)C1. The van der Waals surface area contributed by atoms with Crippen molar-refractivity contribution in [1.82, 2.24) is 20.4 Å². The smallest absolute Gasteiger partial charge is 0.416 e. The van der Waals surface area contributed by atoms with Gasteiger partial charge in [-0.1, -0.05) is 12.1 Å². The fourth-order valence-electron chi connectivity index (χ4n) is 3.75. The van der Waals surface area contributed by atoms with Crippen molar-refractivity contribution in [2.24, 2.45) is 4.99 Å². The molecule has 1 saturated heterocycles. The molecule has 0 spiro atoms. The summed E-state index contributed by atoms with van der Waals surface area (Å²) in [6, 6.07) is 9.54. The molecule has 0 saturated carbocycles. The zero-order valence-electron chi connectivity index (χ0n) is 18.1. The molecule has 2 N–H and O–H groups in total. The van der Waals surface area contributed by atoms with Crippen molar-refractivity contribution >= 4 is 5.96 Å². The van der Waals surface area contributed by atoms with Crippen LogP contribution >= 0.6 is 0 Å².